The van der Waals surface area contributed by atoms with Crippen LogP contribution in [0.15, 0.2) is 18.2 Å². The van der Waals surface area contributed by atoms with E-state index in [2.05, 4.69) is 0 Å². The second-order valence-corrected chi connectivity index (χ2v) is 6.60. The molecule has 1 rings (SSSR count). The lowest BCUT2D eigenvalue weighted by Gasteiger charge is -2.36. The van der Waals surface area contributed by atoms with Crippen molar-refractivity contribution in [1.29, 1.82) is 0 Å². The largest absolute Gasteiger partial charge is 0.550 e. The van der Waals surface area contributed by atoms with Gasteiger partial charge in [0, 0.05) is 34.5 Å². The molecule has 0 aromatic heterocycles. The lowest BCUT2D eigenvalue weighted by molar-refractivity contribution is -0.305. The molecule has 116 valence electrons. The molecular weight excluding hydrogens is 313 g/mol. The Morgan fingerprint density at radius 1 is 1.19 bits per heavy atom. The summed E-state index contributed by atoms with van der Waals surface area (Å²) >= 11 is 12.0. The highest BCUT2D eigenvalue weighted by Gasteiger charge is 2.26. The Labute approximate surface area is 134 Å². The first-order valence-corrected chi connectivity index (χ1v) is 7.31. The normalized spacial score (nSPS) is 11.3. The van der Waals surface area contributed by atoms with Crippen molar-refractivity contribution < 1.29 is 14.7 Å². The number of aliphatic carboxylic acids is 1. The molecule has 1 aromatic rings. The zero-order chi connectivity index (χ0) is 16.2. The molecule has 21 heavy (non-hydrogen) atoms. The van der Waals surface area contributed by atoms with Crippen molar-refractivity contribution in [2.45, 2.75) is 45.7 Å². The number of rotatable bonds is 5. The second-order valence-electron chi connectivity index (χ2n) is 5.76. The third-order valence-corrected chi connectivity index (χ3v) is 3.58. The minimum atomic E-state index is -1.23. The van der Waals surface area contributed by atoms with Crippen molar-refractivity contribution in [1.82, 2.24) is 4.90 Å². The molecule has 1 aromatic carbocycles. The van der Waals surface area contributed by atoms with E-state index in [9.17, 15) is 14.7 Å². The van der Waals surface area contributed by atoms with Gasteiger partial charge in [0.15, 0.2) is 0 Å². The zero-order valence-electron chi connectivity index (χ0n) is 12.3. The number of benzene rings is 1. The molecule has 0 fully saturated rings. The number of carboxylic acids is 1. The molecule has 0 aliphatic rings. The van der Waals surface area contributed by atoms with Crippen LogP contribution in [-0.4, -0.2) is 22.3 Å². The van der Waals surface area contributed by atoms with Crippen LogP contribution in [-0.2, 0) is 16.1 Å². The number of amides is 1. The van der Waals surface area contributed by atoms with Gasteiger partial charge in [0.1, 0.15) is 0 Å². The van der Waals surface area contributed by atoms with E-state index in [0.29, 0.717) is 16.6 Å². The number of hydrogen-bond donors (Lipinski definition) is 0. The fourth-order valence-corrected chi connectivity index (χ4v) is 2.33. The Morgan fingerprint density at radius 2 is 1.81 bits per heavy atom. The molecule has 0 saturated carbocycles. The first kappa shape index (κ1) is 17.8. The fraction of sp³-hybridized carbons (Fsp3) is 0.467. The van der Waals surface area contributed by atoms with Crippen LogP contribution >= 0.6 is 23.2 Å². The maximum Gasteiger partial charge on any atom is 0.223 e. The molecule has 0 aliphatic carbocycles. The first-order valence-electron chi connectivity index (χ1n) is 6.55. The van der Waals surface area contributed by atoms with Crippen LogP contribution in [0.4, 0.5) is 0 Å². The molecule has 0 radical (unpaired) electrons. The molecule has 6 heteroatoms. The van der Waals surface area contributed by atoms with Gasteiger partial charge in [-0.1, -0.05) is 29.3 Å². The number of carbonyl (C=O) groups is 2. The summed E-state index contributed by atoms with van der Waals surface area (Å²) in [6, 6.07) is 5.08. The van der Waals surface area contributed by atoms with E-state index in [1.54, 1.807) is 23.1 Å². The average Bonchev–Trinajstić information content (AvgIpc) is 2.33. The van der Waals surface area contributed by atoms with Gasteiger partial charge in [-0.05, 0) is 44.9 Å². The van der Waals surface area contributed by atoms with Crippen molar-refractivity contribution in [3.8, 4) is 0 Å². The average molecular weight is 331 g/mol. The molecule has 0 saturated heterocycles. The van der Waals surface area contributed by atoms with Gasteiger partial charge in [-0.3, -0.25) is 4.79 Å². The first-order chi connectivity index (χ1) is 9.61. The highest BCUT2D eigenvalue weighted by molar-refractivity contribution is 6.35. The van der Waals surface area contributed by atoms with Crippen molar-refractivity contribution in [2.75, 3.05) is 0 Å². The Hall–Kier alpha value is -1.26. The van der Waals surface area contributed by atoms with Crippen molar-refractivity contribution >= 4 is 35.1 Å². The molecule has 0 spiro atoms. The highest BCUT2D eigenvalue weighted by Crippen LogP contribution is 2.25. The van der Waals surface area contributed by atoms with Gasteiger partial charge in [-0.15, -0.1) is 0 Å². The van der Waals surface area contributed by atoms with Gasteiger partial charge >= 0.3 is 0 Å². The van der Waals surface area contributed by atoms with Crippen molar-refractivity contribution in [3.05, 3.63) is 33.8 Å². The summed E-state index contributed by atoms with van der Waals surface area (Å²) in [5.41, 5.74) is 0.309. The highest BCUT2D eigenvalue weighted by atomic mass is 35.5. The summed E-state index contributed by atoms with van der Waals surface area (Å²) in [5.74, 6) is -1.49. The van der Waals surface area contributed by atoms with Crippen LogP contribution in [0, 0.1) is 0 Å². The number of nitrogens with zero attached hydrogens (tertiary/aromatic N) is 1. The van der Waals surface area contributed by atoms with Crippen LogP contribution < -0.4 is 5.11 Å². The Balaban J connectivity index is 2.93. The molecule has 0 atom stereocenters. The van der Waals surface area contributed by atoms with Crippen molar-refractivity contribution in [3.63, 3.8) is 0 Å². The standard InChI is InChI=1S/C15H19Cl2NO3/c1-15(2,3)18(13(19)6-7-14(20)21)9-10-4-5-11(16)8-12(10)17/h4-5,8H,6-7,9H2,1-3H3,(H,20,21)/p-1. The van der Waals surface area contributed by atoms with E-state index in [-0.39, 0.29) is 18.7 Å². The summed E-state index contributed by atoms with van der Waals surface area (Å²) in [6.45, 7) is 5.95. The lowest BCUT2D eigenvalue weighted by atomic mass is 10.0. The van der Waals surface area contributed by atoms with Crippen molar-refractivity contribution in [2.24, 2.45) is 0 Å². The van der Waals surface area contributed by atoms with E-state index in [1.807, 2.05) is 20.8 Å². The number of carboxylic acid groups (broad SMARTS) is 1. The van der Waals surface area contributed by atoms with Crippen LogP contribution in [0.2, 0.25) is 10.0 Å². The molecule has 4 nitrogen and oxygen atoms in total. The minimum Gasteiger partial charge on any atom is -0.550 e. The molecule has 0 unspecified atom stereocenters. The van der Waals surface area contributed by atoms with E-state index < -0.39 is 11.5 Å². The minimum absolute atomic E-state index is 0.0924. The van der Waals surface area contributed by atoms with E-state index in [1.165, 1.54) is 0 Å². The molecular formula is C15H18Cl2NO3-. The summed E-state index contributed by atoms with van der Waals surface area (Å²) in [4.78, 5) is 24.4. The topological polar surface area (TPSA) is 60.4 Å². The molecule has 0 bridgehead atoms. The molecule has 0 N–H and O–H groups in total. The van der Waals surface area contributed by atoms with Gasteiger partial charge in [-0.2, -0.15) is 0 Å². The zero-order valence-corrected chi connectivity index (χ0v) is 13.8. The van der Waals surface area contributed by atoms with Gasteiger partial charge in [-0.25, -0.2) is 0 Å². The summed E-state index contributed by atoms with van der Waals surface area (Å²) in [7, 11) is 0. The van der Waals surface area contributed by atoms with Gasteiger partial charge < -0.3 is 14.8 Å². The lowest BCUT2D eigenvalue weighted by Crippen LogP contribution is -2.45. The maximum atomic E-state index is 12.2. The SMILES string of the molecule is CC(C)(C)N(Cc1ccc(Cl)cc1Cl)C(=O)CCC(=O)[O-]. The number of carbonyl (C=O) groups excluding carboxylic acids is 2. The van der Waals surface area contributed by atoms with E-state index in [4.69, 9.17) is 23.2 Å². The summed E-state index contributed by atoms with van der Waals surface area (Å²) in [6.07, 6.45) is -0.384. The van der Waals surface area contributed by atoms with Crippen LogP contribution in [0.5, 0.6) is 0 Å². The fourth-order valence-electron chi connectivity index (χ4n) is 1.86. The van der Waals surface area contributed by atoms with E-state index in [0.717, 1.165) is 5.56 Å². The Kier molecular flexibility index (Phi) is 6.05. The number of halogens is 2. The maximum absolute atomic E-state index is 12.2. The Bertz CT molecular complexity index is 538. The summed E-state index contributed by atoms with van der Waals surface area (Å²) in [5, 5.41) is 11.5. The van der Waals surface area contributed by atoms with Crippen LogP contribution in [0.1, 0.15) is 39.2 Å². The molecule has 0 heterocycles. The van der Waals surface area contributed by atoms with Crippen LogP contribution in [0.3, 0.4) is 0 Å². The van der Waals surface area contributed by atoms with E-state index >= 15 is 0 Å². The quantitative estimate of drug-likeness (QED) is 0.833. The molecule has 1 amide bonds. The second kappa shape index (κ2) is 7.14. The predicted molar refractivity (Wildman–Crippen MR) is 81.0 cm³/mol. The van der Waals surface area contributed by atoms with Gasteiger partial charge in [0.05, 0.1) is 0 Å². The van der Waals surface area contributed by atoms with Gasteiger partial charge in [0.25, 0.3) is 0 Å². The third kappa shape index (κ3) is 5.56. The predicted octanol–water partition coefficient (Wildman–Crippen LogP) is 2.65. The number of hydrogen-bond acceptors (Lipinski definition) is 3. The monoisotopic (exact) mass is 330 g/mol. The van der Waals surface area contributed by atoms with Gasteiger partial charge in [0.2, 0.25) is 5.91 Å². The Morgan fingerprint density at radius 3 is 2.29 bits per heavy atom. The smallest absolute Gasteiger partial charge is 0.223 e. The summed E-state index contributed by atoms with van der Waals surface area (Å²) < 4.78 is 0. The third-order valence-electron chi connectivity index (χ3n) is 3.00. The molecule has 0 aliphatic heterocycles. The van der Waals surface area contributed by atoms with Crippen LogP contribution in [0.25, 0.3) is 0 Å².